The van der Waals surface area contributed by atoms with Crippen molar-refractivity contribution in [3.05, 3.63) is 73.8 Å². The molecule has 8 heteroatoms. The van der Waals surface area contributed by atoms with Gasteiger partial charge in [0.2, 0.25) is 5.91 Å². The first-order valence-electron chi connectivity index (χ1n) is 6.65. The standard InChI is InChI=1S/C15H13N3O5/c1-10-3-2-4-12(7-10)16-15(19)8-11-5-6-13(17(20)21)9-14(11)18(22)23/h2-7,9H,8H2,1H3,(H,16,19). The molecule has 0 aliphatic carbocycles. The van der Waals surface area contributed by atoms with E-state index in [2.05, 4.69) is 5.32 Å². The molecule has 0 unspecified atom stereocenters. The molecule has 8 nitrogen and oxygen atoms in total. The number of nitrogens with one attached hydrogen (secondary N) is 1. The van der Waals surface area contributed by atoms with E-state index in [0.717, 1.165) is 17.7 Å². The Morgan fingerprint density at radius 3 is 2.43 bits per heavy atom. The zero-order valence-corrected chi connectivity index (χ0v) is 12.2. The topological polar surface area (TPSA) is 115 Å². The third-order valence-electron chi connectivity index (χ3n) is 3.13. The summed E-state index contributed by atoms with van der Waals surface area (Å²) in [6, 6.07) is 10.3. The summed E-state index contributed by atoms with van der Waals surface area (Å²) in [6.45, 7) is 1.87. The quantitative estimate of drug-likeness (QED) is 0.672. The highest BCUT2D eigenvalue weighted by molar-refractivity contribution is 5.92. The average molecular weight is 315 g/mol. The molecule has 1 amide bonds. The Morgan fingerprint density at radius 2 is 1.83 bits per heavy atom. The molecule has 0 heterocycles. The number of nitro groups is 2. The first kappa shape index (κ1) is 16.1. The molecule has 0 radical (unpaired) electrons. The lowest BCUT2D eigenvalue weighted by Gasteiger charge is -2.06. The molecule has 0 saturated heterocycles. The van der Waals surface area contributed by atoms with Gasteiger partial charge in [-0.1, -0.05) is 12.1 Å². The van der Waals surface area contributed by atoms with E-state index in [0.29, 0.717) is 5.69 Å². The zero-order chi connectivity index (χ0) is 17.0. The molecule has 1 N–H and O–H groups in total. The van der Waals surface area contributed by atoms with Crippen LogP contribution < -0.4 is 5.32 Å². The largest absolute Gasteiger partial charge is 0.326 e. The third kappa shape index (κ3) is 4.10. The number of hydrogen-bond acceptors (Lipinski definition) is 5. The SMILES string of the molecule is Cc1cccc(NC(=O)Cc2ccc([N+](=O)[O-])cc2[N+](=O)[O-])c1. The fraction of sp³-hybridized carbons (Fsp3) is 0.133. The van der Waals surface area contributed by atoms with Crippen molar-refractivity contribution in [3.8, 4) is 0 Å². The second-order valence-corrected chi connectivity index (χ2v) is 4.92. The predicted octanol–water partition coefficient (Wildman–Crippen LogP) is 2.99. The summed E-state index contributed by atoms with van der Waals surface area (Å²) >= 11 is 0. The number of amides is 1. The number of non-ortho nitro benzene ring substituents is 1. The van der Waals surface area contributed by atoms with Gasteiger partial charge >= 0.3 is 0 Å². The minimum Gasteiger partial charge on any atom is -0.326 e. The molecule has 2 rings (SSSR count). The number of carbonyl (C=O) groups excluding carboxylic acids is 1. The Hall–Kier alpha value is -3.29. The average Bonchev–Trinajstić information content (AvgIpc) is 2.47. The van der Waals surface area contributed by atoms with Gasteiger partial charge in [-0.2, -0.15) is 0 Å². The molecular weight excluding hydrogens is 302 g/mol. The van der Waals surface area contributed by atoms with Crippen molar-refractivity contribution in [2.75, 3.05) is 5.32 Å². The number of rotatable bonds is 5. The normalized spacial score (nSPS) is 10.1. The van der Waals surface area contributed by atoms with Crippen molar-refractivity contribution >= 4 is 23.0 Å². The molecule has 0 bridgehead atoms. The number of nitrogens with zero attached hydrogens (tertiary/aromatic N) is 2. The number of hydrogen-bond donors (Lipinski definition) is 1. The minimum atomic E-state index is -0.734. The van der Waals surface area contributed by atoms with Crippen LogP contribution in [0.5, 0.6) is 0 Å². The van der Waals surface area contributed by atoms with Gasteiger partial charge in [-0.25, -0.2) is 0 Å². The van der Waals surface area contributed by atoms with Crippen LogP contribution in [0, 0.1) is 27.2 Å². The summed E-state index contributed by atoms with van der Waals surface area (Å²) in [5.74, 6) is -0.437. The molecule has 23 heavy (non-hydrogen) atoms. The summed E-state index contributed by atoms with van der Waals surface area (Å²) in [6.07, 6.45) is -0.248. The van der Waals surface area contributed by atoms with Crippen LogP contribution in [0.15, 0.2) is 42.5 Å². The van der Waals surface area contributed by atoms with E-state index in [4.69, 9.17) is 0 Å². The van der Waals surface area contributed by atoms with Crippen LogP contribution in [-0.2, 0) is 11.2 Å². The first-order valence-corrected chi connectivity index (χ1v) is 6.65. The van der Waals surface area contributed by atoms with Crippen LogP contribution in [-0.4, -0.2) is 15.8 Å². The molecule has 0 spiro atoms. The van der Waals surface area contributed by atoms with Crippen LogP contribution in [0.4, 0.5) is 17.1 Å². The van der Waals surface area contributed by atoms with Crippen molar-refractivity contribution in [1.82, 2.24) is 0 Å². The van der Waals surface area contributed by atoms with Crippen molar-refractivity contribution in [2.24, 2.45) is 0 Å². The Bertz CT molecular complexity index is 788. The Morgan fingerprint density at radius 1 is 1.09 bits per heavy atom. The van der Waals surface area contributed by atoms with E-state index in [-0.39, 0.29) is 17.7 Å². The lowest BCUT2D eigenvalue weighted by Crippen LogP contribution is -2.15. The number of aryl methyl sites for hydroxylation is 1. The van der Waals surface area contributed by atoms with Gasteiger partial charge in [0.1, 0.15) is 0 Å². The molecule has 0 aromatic heterocycles. The number of carbonyl (C=O) groups is 1. The van der Waals surface area contributed by atoms with Gasteiger partial charge in [-0.3, -0.25) is 25.0 Å². The van der Waals surface area contributed by atoms with Crippen LogP contribution in [0.3, 0.4) is 0 Å². The smallest absolute Gasteiger partial charge is 0.279 e. The lowest BCUT2D eigenvalue weighted by atomic mass is 10.1. The number of nitro benzene ring substituents is 2. The van der Waals surface area contributed by atoms with Crippen LogP contribution in [0.1, 0.15) is 11.1 Å². The van der Waals surface area contributed by atoms with E-state index in [1.165, 1.54) is 6.07 Å². The zero-order valence-electron chi connectivity index (χ0n) is 12.2. The molecule has 0 fully saturated rings. The van der Waals surface area contributed by atoms with Crippen molar-refractivity contribution < 1.29 is 14.6 Å². The number of benzene rings is 2. The maximum Gasteiger partial charge on any atom is 0.279 e. The van der Waals surface area contributed by atoms with E-state index < -0.39 is 21.4 Å². The van der Waals surface area contributed by atoms with E-state index in [1.54, 1.807) is 18.2 Å². The monoisotopic (exact) mass is 315 g/mol. The summed E-state index contributed by atoms with van der Waals surface area (Å²) < 4.78 is 0. The Labute approximate surface area is 131 Å². The highest BCUT2D eigenvalue weighted by Gasteiger charge is 2.21. The number of anilines is 1. The van der Waals surface area contributed by atoms with Crippen molar-refractivity contribution in [2.45, 2.75) is 13.3 Å². The van der Waals surface area contributed by atoms with Crippen LogP contribution in [0.2, 0.25) is 0 Å². The summed E-state index contributed by atoms with van der Waals surface area (Å²) in [5.41, 5.74) is 0.826. The third-order valence-corrected chi connectivity index (χ3v) is 3.13. The van der Waals surface area contributed by atoms with Gasteiger partial charge in [0.25, 0.3) is 11.4 Å². The fourth-order valence-electron chi connectivity index (χ4n) is 2.09. The highest BCUT2D eigenvalue weighted by Crippen LogP contribution is 2.25. The van der Waals surface area contributed by atoms with Crippen molar-refractivity contribution in [3.63, 3.8) is 0 Å². The summed E-state index contributed by atoms with van der Waals surface area (Å²) in [5, 5.41) is 24.4. The van der Waals surface area contributed by atoms with Crippen LogP contribution >= 0.6 is 0 Å². The Balaban J connectivity index is 2.20. The molecule has 2 aromatic carbocycles. The van der Waals surface area contributed by atoms with Crippen molar-refractivity contribution in [1.29, 1.82) is 0 Å². The first-order chi connectivity index (χ1) is 10.9. The molecule has 0 aliphatic rings. The second-order valence-electron chi connectivity index (χ2n) is 4.92. The maximum atomic E-state index is 12.0. The molecule has 118 valence electrons. The van der Waals surface area contributed by atoms with Gasteiger partial charge in [0, 0.05) is 17.3 Å². The van der Waals surface area contributed by atoms with Gasteiger partial charge in [-0.15, -0.1) is 0 Å². The van der Waals surface area contributed by atoms with E-state index in [1.807, 2.05) is 13.0 Å². The fourth-order valence-corrected chi connectivity index (χ4v) is 2.09. The van der Waals surface area contributed by atoms with E-state index >= 15 is 0 Å². The summed E-state index contributed by atoms with van der Waals surface area (Å²) in [7, 11) is 0. The molecule has 0 saturated carbocycles. The predicted molar refractivity (Wildman–Crippen MR) is 83.3 cm³/mol. The van der Waals surface area contributed by atoms with Gasteiger partial charge in [0.05, 0.1) is 22.3 Å². The minimum absolute atomic E-state index is 0.116. The Kier molecular flexibility index (Phi) is 4.65. The summed E-state index contributed by atoms with van der Waals surface area (Å²) in [4.78, 5) is 32.3. The van der Waals surface area contributed by atoms with Crippen LogP contribution in [0.25, 0.3) is 0 Å². The molecule has 0 atom stereocenters. The lowest BCUT2D eigenvalue weighted by molar-refractivity contribution is -0.394. The van der Waals surface area contributed by atoms with E-state index in [9.17, 15) is 25.0 Å². The highest BCUT2D eigenvalue weighted by atomic mass is 16.6. The van der Waals surface area contributed by atoms with Gasteiger partial charge < -0.3 is 5.32 Å². The molecule has 2 aromatic rings. The maximum absolute atomic E-state index is 12.0. The second kappa shape index (κ2) is 6.65. The van der Waals surface area contributed by atoms with Gasteiger partial charge in [-0.05, 0) is 30.7 Å². The molecular formula is C15H13N3O5. The van der Waals surface area contributed by atoms with Gasteiger partial charge in [0.15, 0.2) is 0 Å². The molecule has 0 aliphatic heterocycles.